The molecule has 2 saturated heterocycles. The number of aliphatic hydroxyl groups excluding tert-OH is 1. The van der Waals surface area contributed by atoms with Gasteiger partial charge in [-0.2, -0.15) is 0 Å². The Morgan fingerprint density at radius 1 is 0.960 bits per heavy atom. The van der Waals surface area contributed by atoms with Crippen molar-refractivity contribution in [2.75, 3.05) is 26.7 Å². The average Bonchev–Trinajstić information content (AvgIpc) is 3.72. The first kappa shape index (κ1) is 36.0. The molecule has 2 aromatic rings. The molecule has 0 aliphatic carbocycles. The van der Waals surface area contributed by atoms with E-state index in [-0.39, 0.29) is 24.8 Å². The Labute approximate surface area is 302 Å². The third-order valence-corrected chi connectivity index (χ3v) is 11.4. The largest absolute Gasteiger partial charge is 0.455 e. The number of hydrogen-bond acceptors (Lipinski definition) is 7. The van der Waals surface area contributed by atoms with Gasteiger partial charge in [0.15, 0.2) is 0 Å². The van der Waals surface area contributed by atoms with Gasteiger partial charge in [0.25, 0.3) is 0 Å². The Morgan fingerprint density at radius 2 is 1.66 bits per heavy atom. The van der Waals surface area contributed by atoms with E-state index in [1.807, 2.05) is 79.7 Å². The number of benzene rings is 2. The molecule has 3 amide bonds. The predicted molar refractivity (Wildman–Crippen MR) is 190 cm³/mol. The first-order valence-electron chi connectivity index (χ1n) is 17.6. The molecule has 1 spiro atoms. The van der Waals surface area contributed by atoms with Crippen LogP contribution < -0.4 is 0 Å². The highest BCUT2D eigenvalue weighted by Crippen LogP contribution is 2.60. The molecule has 4 aliphatic heterocycles. The molecule has 1 N–H and O–H groups in total. The predicted octanol–water partition coefficient (Wildman–Crippen LogP) is 5.09. The van der Waals surface area contributed by atoms with Crippen molar-refractivity contribution in [2.24, 2.45) is 11.8 Å². The summed E-state index contributed by atoms with van der Waals surface area (Å²) in [6.07, 6.45) is 7.25. The number of likely N-dealkylation sites (N-methyl/N-ethyl adjacent to an activating group) is 1. The molecule has 8 atom stereocenters. The zero-order valence-electron chi connectivity index (χ0n) is 28.8. The minimum absolute atomic E-state index is 0.104. The number of nitrogens with zero attached hydrogens (tertiary/aromatic N) is 3. The maximum absolute atomic E-state index is 15.0. The molecule has 5 bridgehead atoms. The second-order valence-corrected chi connectivity index (χ2v) is 14.6. The van der Waals surface area contributed by atoms with Crippen LogP contribution in [-0.4, -0.2) is 94.0 Å². The Hall–Kier alpha value is -3.80. The third kappa shape index (κ3) is 6.44. The molecule has 4 aliphatic rings. The molecule has 266 valence electrons. The summed E-state index contributed by atoms with van der Waals surface area (Å²) < 4.78 is 13.6. The number of esters is 1. The fourth-order valence-electron chi connectivity index (χ4n) is 8.01. The minimum Gasteiger partial charge on any atom is -0.455 e. The van der Waals surface area contributed by atoms with Crippen LogP contribution in [0.5, 0.6) is 0 Å². The molecule has 4 heterocycles. The number of cyclic esters (lactones) is 1. The topological polar surface area (TPSA) is 117 Å². The van der Waals surface area contributed by atoms with Crippen LogP contribution in [0.1, 0.15) is 69.2 Å². The number of allylic oxidation sites excluding steroid dienone is 1. The Balaban J connectivity index is 1.49. The lowest BCUT2D eigenvalue weighted by atomic mass is 9.74. The summed E-state index contributed by atoms with van der Waals surface area (Å²) in [4.78, 5) is 62.7. The van der Waals surface area contributed by atoms with Crippen molar-refractivity contribution in [3.05, 3.63) is 94.5 Å². The minimum atomic E-state index is -1.48. The van der Waals surface area contributed by atoms with Crippen LogP contribution in [0, 0.1) is 11.8 Å². The standard InChI is InChI=1S/C39H46BrN3O7/c1-4-5-14-21-42-22-15-8-13-20-30(45)41(3)25(2)33(27-18-11-7-12-19-27)49-38(48)31-32-36(46)43(29(24-44)26-16-9-6-10-17-26)35(37(42)47)39(32)23-28(40)34(31)50-39/h6-12,15-19,23,25,29,31-35,44H,4-5,13-14,20-22,24H2,1-3H3/b15-8-/t25-,29-,31+,32-,33+,34+,35+,39-/m1/s1. The van der Waals surface area contributed by atoms with E-state index in [1.165, 1.54) is 4.90 Å². The van der Waals surface area contributed by atoms with Crippen molar-refractivity contribution in [1.82, 2.24) is 14.7 Å². The number of amides is 3. The van der Waals surface area contributed by atoms with Crippen molar-refractivity contribution in [3.63, 3.8) is 0 Å². The van der Waals surface area contributed by atoms with Gasteiger partial charge >= 0.3 is 5.97 Å². The van der Waals surface area contributed by atoms with Gasteiger partial charge in [-0.25, -0.2) is 0 Å². The van der Waals surface area contributed by atoms with Gasteiger partial charge < -0.3 is 29.3 Å². The van der Waals surface area contributed by atoms with E-state index in [1.54, 1.807) is 22.9 Å². The summed E-state index contributed by atoms with van der Waals surface area (Å²) in [7, 11) is 1.71. The van der Waals surface area contributed by atoms with Gasteiger partial charge in [0.2, 0.25) is 17.7 Å². The Bertz CT molecular complexity index is 1630. The monoisotopic (exact) mass is 747 g/mol. The molecule has 2 fully saturated rings. The zero-order chi connectivity index (χ0) is 35.6. The molecule has 10 nitrogen and oxygen atoms in total. The highest BCUT2D eigenvalue weighted by Gasteiger charge is 2.75. The molecule has 2 aromatic carbocycles. The summed E-state index contributed by atoms with van der Waals surface area (Å²) in [5, 5.41) is 10.9. The highest BCUT2D eigenvalue weighted by molar-refractivity contribution is 9.11. The van der Waals surface area contributed by atoms with Gasteiger partial charge in [0.05, 0.1) is 24.6 Å². The maximum atomic E-state index is 15.0. The third-order valence-electron chi connectivity index (χ3n) is 10.7. The van der Waals surface area contributed by atoms with Crippen LogP contribution in [0.25, 0.3) is 0 Å². The first-order valence-corrected chi connectivity index (χ1v) is 18.4. The average molecular weight is 749 g/mol. The quantitative estimate of drug-likeness (QED) is 0.227. The van der Waals surface area contributed by atoms with Gasteiger partial charge in [-0.15, -0.1) is 0 Å². The number of fused-ring (bicyclic) bond motifs is 2. The van der Waals surface area contributed by atoms with Crippen LogP contribution >= 0.6 is 15.9 Å². The van der Waals surface area contributed by atoms with Crippen LogP contribution in [0.15, 0.2) is 83.4 Å². The summed E-state index contributed by atoms with van der Waals surface area (Å²) in [5.74, 6) is -3.69. The van der Waals surface area contributed by atoms with Gasteiger partial charge in [-0.3, -0.25) is 19.2 Å². The normalized spacial score (nSPS) is 31.5. The Kier molecular flexibility index (Phi) is 11.0. The van der Waals surface area contributed by atoms with E-state index in [0.717, 1.165) is 19.3 Å². The first-order chi connectivity index (χ1) is 24.1. The SMILES string of the molecule is CCCCCN1C/C=C\CCC(=O)N(C)[C@H](C)[C@@H](c2ccccc2)OC(=O)[C@@H]2[C@H]3O[C@@]4(C=C3Br)[C@H](C1=O)N([C@H](CO)c1ccccc1)C(=O)[C@@H]24. The van der Waals surface area contributed by atoms with Crippen LogP contribution in [0.2, 0.25) is 0 Å². The van der Waals surface area contributed by atoms with E-state index >= 15 is 4.79 Å². The maximum Gasteiger partial charge on any atom is 0.313 e. The van der Waals surface area contributed by atoms with Crippen LogP contribution in [-0.2, 0) is 28.7 Å². The number of carbonyl (C=O) groups excluding carboxylic acids is 4. The Morgan fingerprint density at radius 3 is 2.34 bits per heavy atom. The number of unbranched alkanes of at least 4 members (excludes halogenated alkanes) is 2. The summed E-state index contributed by atoms with van der Waals surface area (Å²) in [6, 6.07) is 15.8. The molecule has 0 radical (unpaired) electrons. The molecular weight excluding hydrogens is 702 g/mol. The van der Waals surface area contributed by atoms with Crippen molar-refractivity contribution in [2.45, 2.75) is 81.9 Å². The van der Waals surface area contributed by atoms with Crippen molar-refractivity contribution >= 4 is 39.6 Å². The van der Waals surface area contributed by atoms with Gasteiger partial charge in [-0.05, 0) is 37.0 Å². The van der Waals surface area contributed by atoms with E-state index in [9.17, 15) is 19.5 Å². The van der Waals surface area contributed by atoms with Crippen molar-refractivity contribution in [1.29, 1.82) is 0 Å². The molecular formula is C39H46BrN3O7. The molecule has 6 rings (SSSR count). The molecule has 11 heteroatoms. The molecule has 0 aromatic heterocycles. The van der Waals surface area contributed by atoms with Crippen LogP contribution in [0.3, 0.4) is 0 Å². The van der Waals surface area contributed by atoms with E-state index in [0.29, 0.717) is 28.6 Å². The number of likely N-dealkylation sites (tertiary alicyclic amines) is 1. The molecule has 50 heavy (non-hydrogen) atoms. The van der Waals surface area contributed by atoms with E-state index in [4.69, 9.17) is 9.47 Å². The number of hydrogen-bond donors (Lipinski definition) is 1. The van der Waals surface area contributed by atoms with Crippen molar-refractivity contribution in [3.8, 4) is 0 Å². The van der Waals surface area contributed by atoms with E-state index in [2.05, 4.69) is 22.9 Å². The summed E-state index contributed by atoms with van der Waals surface area (Å²) in [5.41, 5.74) is -0.108. The van der Waals surface area contributed by atoms with Crippen molar-refractivity contribution < 1.29 is 33.8 Å². The van der Waals surface area contributed by atoms with Gasteiger partial charge in [0, 0.05) is 31.0 Å². The zero-order valence-corrected chi connectivity index (χ0v) is 30.4. The second kappa shape index (κ2) is 15.2. The summed E-state index contributed by atoms with van der Waals surface area (Å²) in [6.45, 7) is 4.22. The lowest BCUT2D eigenvalue weighted by Crippen LogP contribution is -2.57. The van der Waals surface area contributed by atoms with Crippen LogP contribution in [0.4, 0.5) is 0 Å². The summed E-state index contributed by atoms with van der Waals surface area (Å²) >= 11 is 3.63. The number of halogens is 1. The number of carbonyl (C=O) groups is 4. The number of aliphatic hydroxyl groups is 1. The van der Waals surface area contributed by atoms with E-state index < -0.39 is 66.3 Å². The lowest BCUT2D eigenvalue weighted by Gasteiger charge is -2.39. The highest BCUT2D eigenvalue weighted by atomic mass is 79.9. The number of ether oxygens (including phenoxy) is 2. The lowest BCUT2D eigenvalue weighted by molar-refractivity contribution is -0.164. The second-order valence-electron chi connectivity index (χ2n) is 13.7. The molecule has 0 unspecified atom stereocenters. The molecule has 0 saturated carbocycles. The smallest absolute Gasteiger partial charge is 0.313 e. The fraction of sp³-hybridized carbons (Fsp3) is 0.487. The van der Waals surface area contributed by atoms with Gasteiger partial charge in [-0.1, -0.05) is 109 Å². The fourth-order valence-corrected chi connectivity index (χ4v) is 8.75. The van der Waals surface area contributed by atoms with Gasteiger partial charge in [0.1, 0.15) is 29.8 Å². The number of rotatable bonds is 8.